The van der Waals surface area contributed by atoms with E-state index in [1.165, 1.54) is 0 Å². The van der Waals surface area contributed by atoms with Crippen LogP contribution in [0.1, 0.15) is 32.0 Å². The summed E-state index contributed by atoms with van der Waals surface area (Å²) >= 11 is 0. The summed E-state index contributed by atoms with van der Waals surface area (Å²) < 4.78 is 24.5. The molecule has 0 spiro atoms. The van der Waals surface area contributed by atoms with Gasteiger partial charge in [-0.2, -0.15) is 0 Å². The van der Waals surface area contributed by atoms with Gasteiger partial charge in [0, 0.05) is 0 Å². The molecule has 1 atom stereocenters. The van der Waals surface area contributed by atoms with Crippen molar-refractivity contribution in [2.45, 2.75) is 26.4 Å². The molecule has 0 amide bonds. The number of benzene rings is 1. The maximum atomic E-state index is 13.7. The second kappa shape index (κ2) is 7.12. The van der Waals surface area contributed by atoms with Crippen molar-refractivity contribution >= 4 is 0 Å². The van der Waals surface area contributed by atoms with E-state index in [1.54, 1.807) is 18.2 Å². The van der Waals surface area contributed by atoms with E-state index in [4.69, 9.17) is 15.2 Å². The Bertz CT molecular complexity index is 344. The van der Waals surface area contributed by atoms with E-state index in [1.807, 2.05) is 13.8 Å². The summed E-state index contributed by atoms with van der Waals surface area (Å²) in [5.74, 6) is 1.24. The number of ether oxygens (including phenoxy) is 2. The average molecular weight is 241 g/mol. The quantitative estimate of drug-likeness (QED) is 0.798. The molecule has 96 valence electrons. The molecule has 0 aromatic heterocycles. The first-order valence-corrected chi connectivity index (χ1v) is 5.96. The van der Waals surface area contributed by atoms with Crippen molar-refractivity contribution in [3.63, 3.8) is 0 Å². The van der Waals surface area contributed by atoms with Gasteiger partial charge in [-0.15, -0.1) is 0 Å². The molecular formula is C13H20FNO2. The van der Waals surface area contributed by atoms with E-state index >= 15 is 0 Å². The van der Waals surface area contributed by atoms with E-state index in [-0.39, 0.29) is 0 Å². The summed E-state index contributed by atoms with van der Waals surface area (Å²) in [6, 6.07) is 5.15. The highest BCUT2D eigenvalue weighted by molar-refractivity contribution is 5.43. The molecule has 1 rings (SSSR count). The molecule has 0 aliphatic rings. The summed E-state index contributed by atoms with van der Waals surface area (Å²) in [4.78, 5) is 0. The summed E-state index contributed by atoms with van der Waals surface area (Å²) in [5, 5.41) is 0. The predicted octanol–water partition coefficient (Wildman–Crippen LogP) is 2.84. The fourth-order valence-corrected chi connectivity index (χ4v) is 1.58. The lowest BCUT2D eigenvalue weighted by Gasteiger charge is -2.14. The third-order valence-corrected chi connectivity index (χ3v) is 2.35. The first kappa shape index (κ1) is 13.8. The standard InChI is InChI=1S/C13H20FNO2/c1-3-16-12-6-5-10(11(14)7-8-15)9-13(12)17-4-2/h5-6,9,11H,3-4,7-8,15H2,1-2H3. The zero-order chi connectivity index (χ0) is 12.7. The van der Waals surface area contributed by atoms with E-state index in [2.05, 4.69) is 0 Å². The fraction of sp³-hybridized carbons (Fsp3) is 0.538. The molecule has 17 heavy (non-hydrogen) atoms. The minimum Gasteiger partial charge on any atom is -0.490 e. The number of hydrogen-bond donors (Lipinski definition) is 1. The molecule has 0 heterocycles. The number of halogens is 1. The Kier molecular flexibility index (Phi) is 5.77. The number of alkyl halides is 1. The molecule has 0 radical (unpaired) electrons. The van der Waals surface area contributed by atoms with Gasteiger partial charge in [0.25, 0.3) is 0 Å². The van der Waals surface area contributed by atoms with Crippen molar-refractivity contribution < 1.29 is 13.9 Å². The smallest absolute Gasteiger partial charge is 0.161 e. The SMILES string of the molecule is CCOc1ccc(C(F)CCN)cc1OCC. The topological polar surface area (TPSA) is 44.5 Å². The molecular weight excluding hydrogens is 221 g/mol. The minimum atomic E-state index is -1.05. The highest BCUT2D eigenvalue weighted by atomic mass is 19.1. The molecule has 0 saturated heterocycles. The van der Waals surface area contributed by atoms with Crippen molar-refractivity contribution in [2.75, 3.05) is 19.8 Å². The lowest BCUT2D eigenvalue weighted by molar-refractivity contribution is 0.284. The summed E-state index contributed by atoms with van der Waals surface area (Å²) in [6.07, 6.45) is -0.727. The van der Waals surface area contributed by atoms with E-state index < -0.39 is 6.17 Å². The van der Waals surface area contributed by atoms with Crippen molar-refractivity contribution in [3.8, 4) is 11.5 Å². The van der Waals surface area contributed by atoms with Crippen LogP contribution in [-0.2, 0) is 0 Å². The van der Waals surface area contributed by atoms with E-state index in [0.29, 0.717) is 43.2 Å². The highest BCUT2D eigenvalue weighted by Gasteiger charge is 2.12. The van der Waals surface area contributed by atoms with Gasteiger partial charge in [-0.25, -0.2) is 4.39 Å². The van der Waals surface area contributed by atoms with E-state index in [9.17, 15) is 4.39 Å². The molecule has 1 unspecified atom stereocenters. The summed E-state index contributed by atoms with van der Waals surface area (Å²) in [6.45, 7) is 5.20. The molecule has 0 saturated carbocycles. The van der Waals surface area contributed by atoms with Crippen LogP contribution in [0.25, 0.3) is 0 Å². The third-order valence-electron chi connectivity index (χ3n) is 2.35. The van der Waals surface area contributed by atoms with Crippen LogP contribution in [0.5, 0.6) is 11.5 Å². The average Bonchev–Trinajstić information content (AvgIpc) is 2.32. The molecule has 3 nitrogen and oxygen atoms in total. The lowest BCUT2D eigenvalue weighted by Crippen LogP contribution is -2.05. The lowest BCUT2D eigenvalue weighted by atomic mass is 10.1. The third kappa shape index (κ3) is 3.89. The first-order chi connectivity index (χ1) is 8.22. The van der Waals surface area contributed by atoms with Crippen molar-refractivity contribution in [1.29, 1.82) is 0 Å². The van der Waals surface area contributed by atoms with Gasteiger partial charge in [0.05, 0.1) is 13.2 Å². The molecule has 2 N–H and O–H groups in total. The van der Waals surface area contributed by atoms with Gasteiger partial charge >= 0.3 is 0 Å². The van der Waals surface area contributed by atoms with Gasteiger partial charge in [0.2, 0.25) is 0 Å². The fourth-order valence-electron chi connectivity index (χ4n) is 1.58. The van der Waals surface area contributed by atoms with Crippen LogP contribution in [-0.4, -0.2) is 19.8 Å². The van der Waals surface area contributed by atoms with Crippen molar-refractivity contribution in [1.82, 2.24) is 0 Å². The largest absolute Gasteiger partial charge is 0.490 e. The molecule has 0 fully saturated rings. The Balaban J connectivity index is 2.91. The first-order valence-electron chi connectivity index (χ1n) is 5.96. The molecule has 1 aromatic rings. The maximum absolute atomic E-state index is 13.7. The van der Waals surface area contributed by atoms with E-state index in [0.717, 1.165) is 0 Å². The summed E-state index contributed by atoms with van der Waals surface area (Å²) in [7, 11) is 0. The predicted molar refractivity (Wildman–Crippen MR) is 66.3 cm³/mol. The van der Waals surface area contributed by atoms with Gasteiger partial charge < -0.3 is 15.2 Å². The number of hydrogen-bond acceptors (Lipinski definition) is 3. The van der Waals surface area contributed by atoms with Crippen LogP contribution >= 0.6 is 0 Å². The zero-order valence-electron chi connectivity index (χ0n) is 10.4. The van der Waals surface area contributed by atoms with Crippen molar-refractivity contribution in [2.24, 2.45) is 5.73 Å². The molecule has 4 heteroatoms. The number of rotatable bonds is 7. The van der Waals surface area contributed by atoms with Gasteiger partial charge in [-0.05, 0) is 44.5 Å². The molecule has 0 aliphatic carbocycles. The van der Waals surface area contributed by atoms with Crippen LogP contribution in [0.4, 0.5) is 4.39 Å². The van der Waals surface area contributed by atoms with Crippen LogP contribution in [0, 0.1) is 0 Å². The number of nitrogens with two attached hydrogens (primary N) is 1. The molecule has 1 aromatic carbocycles. The van der Waals surface area contributed by atoms with Gasteiger partial charge in [0.1, 0.15) is 6.17 Å². The molecule has 0 bridgehead atoms. The summed E-state index contributed by atoms with van der Waals surface area (Å²) in [5.41, 5.74) is 5.93. The second-order valence-corrected chi connectivity index (χ2v) is 3.62. The second-order valence-electron chi connectivity index (χ2n) is 3.62. The monoisotopic (exact) mass is 241 g/mol. The van der Waals surface area contributed by atoms with Crippen LogP contribution in [0.3, 0.4) is 0 Å². The van der Waals surface area contributed by atoms with Crippen molar-refractivity contribution in [3.05, 3.63) is 23.8 Å². The van der Waals surface area contributed by atoms with Crippen LogP contribution in [0.15, 0.2) is 18.2 Å². The van der Waals surface area contributed by atoms with Crippen LogP contribution < -0.4 is 15.2 Å². The maximum Gasteiger partial charge on any atom is 0.161 e. The minimum absolute atomic E-state index is 0.319. The Morgan fingerprint density at radius 1 is 1.18 bits per heavy atom. The normalized spacial score (nSPS) is 12.2. The van der Waals surface area contributed by atoms with Gasteiger partial charge in [-0.1, -0.05) is 6.07 Å². The van der Waals surface area contributed by atoms with Gasteiger partial charge in [-0.3, -0.25) is 0 Å². The Labute approximate surface area is 102 Å². The Morgan fingerprint density at radius 3 is 2.41 bits per heavy atom. The highest BCUT2D eigenvalue weighted by Crippen LogP contribution is 2.32. The van der Waals surface area contributed by atoms with Gasteiger partial charge in [0.15, 0.2) is 11.5 Å². The Morgan fingerprint density at radius 2 is 1.82 bits per heavy atom. The Hall–Kier alpha value is -1.29. The molecule has 0 aliphatic heterocycles. The zero-order valence-corrected chi connectivity index (χ0v) is 10.4. The van der Waals surface area contributed by atoms with Crippen LogP contribution in [0.2, 0.25) is 0 Å².